The highest BCUT2D eigenvalue weighted by Crippen LogP contribution is 2.76. The third-order valence-corrected chi connectivity index (χ3v) is 5.98. The van der Waals surface area contributed by atoms with Gasteiger partial charge in [0.1, 0.15) is 6.10 Å². The van der Waals surface area contributed by atoms with Crippen molar-refractivity contribution in [1.29, 1.82) is 0 Å². The van der Waals surface area contributed by atoms with E-state index >= 15 is 0 Å². The summed E-state index contributed by atoms with van der Waals surface area (Å²) in [7, 11) is 0. The summed E-state index contributed by atoms with van der Waals surface area (Å²) in [4.78, 5) is 12.3. The van der Waals surface area contributed by atoms with E-state index in [0.29, 0.717) is 5.92 Å². The van der Waals surface area contributed by atoms with Gasteiger partial charge in [-0.25, -0.2) is 0 Å². The number of hydrogen-bond donors (Lipinski definition) is 2. The lowest BCUT2D eigenvalue weighted by molar-refractivity contribution is -0.146. The zero-order valence-electron chi connectivity index (χ0n) is 10.9. The van der Waals surface area contributed by atoms with E-state index in [4.69, 9.17) is 0 Å². The Balaban J connectivity index is 2.01. The monoisotopic (exact) mass is 238 g/mol. The Morgan fingerprint density at radius 3 is 2.53 bits per heavy atom. The molecule has 0 aromatic carbocycles. The fourth-order valence-corrected chi connectivity index (χ4v) is 4.85. The predicted molar refractivity (Wildman–Crippen MR) is 63.3 cm³/mol. The summed E-state index contributed by atoms with van der Waals surface area (Å²) in [6.07, 6.45) is 1.81. The van der Waals surface area contributed by atoms with Gasteiger partial charge in [0.05, 0.1) is 6.61 Å². The van der Waals surface area contributed by atoms with E-state index < -0.39 is 11.5 Å². The number of carbonyl (C=O) groups excluding carboxylic acids is 1. The molecule has 0 radical (unpaired) electrons. The normalized spacial score (nSPS) is 55.4. The van der Waals surface area contributed by atoms with Crippen LogP contribution in [0.15, 0.2) is 0 Å². The highest BCUT2D eigenvalue weighted by atomic mass is 16.3. The molecule has 3 saturated carbocycles. The van der Waals surface area contributed by atoms with E-state index in [0.717, 1.165) is 19.3 Å². The van der Waals surface area contributed by atoms with Gasteiger partial charge < -0.3 is 10.2 Å². The molecule has 3 aliphatic carbocycles. The topological polar surface area (TPSA) is 57.5 Å². The van der Waals surface area contributed by atoms with Gasteiger partial charge in [0.25, 0.3) is 0 Å². The van der Waals surface area contributed by atoms with Crippen molar-refractivity contribution >= 4 is 5.78 Å². The molecule has 0 heterocycles. The smallest absolute Gasteiger partial charge is 0.165 e. The van der Waals surface area contributed by atoms with Crippen LogP contribution in [-0.4, -0.2) is 28.7 Å². The highest BCUT2D eigenvalue weighted by molar-refractivity contribution is 5.89. The van der Waals surface area contributed by atoms with Gasteiger partial charge in [-0.3, -0.25) is 4.79 Å². The molecule has 0 unspecified atom stereocenters. The van der Waals surface area contributed by atoms with E-state index in [1.165, 1.54) is 0 Å². The number of Topliss-reactive ketones (excluding diaryl/α,β-unsaturated/α-hetero) is 1. The first kappa shape index (κ1) is 11.7. The van der Waals surface area contributed by atoms with Crippen molar-refractivity contribution in [2.45, 2.75) is 46.1 Å². The van der Waals surface area contributed by atoms with Crippen LogP contribution in [-0.2, 0) is 4.79 Å². The van der Waals surface area contributed by atoms with Gasteiger partial charge in [-0.2, -0.15) is 0 Å². The summed E-state index contributed by atoms with van der Waals surface area (Å²) in [5.41, 5.74) is -0.346. The average Bonchev–Trinajstić information content (AvgIpc) is 2.75. The first-order valence-corrected chi connectivity index (χ1v) is 6.60. The lowest BCUT2D eigenvalue weighted by Gasteiger charge is -2.38. The molecule has 5 atom stereocenters. The number of aliphatic hydroxyl groups excluding tert-OH is 2. The number of aliphatic hydroxyl groups is 2. The van der Waals surface area contributed by atoms with Gasteiger partial charge >= 0.3 is 0 Å². The van der Waals surface area contributed by atoms with Gasteiger partial charge in [-0.15, -0.1) is 0 Å². The van der Waals surface area contributed by atoms with Crippen molar-refractivity contribution in [3.63, 3.8) is 0 Å². The molecule has 0 bridgehead atoms. The van der Waals surface area contributed by atoms with Crippen LogP contribution in [0, 0.1) is 28.1 Å². The predicted octanol–water partition coefficient (Wildman–Crippen LogP) is 1.37. The molecule has 96 valence electrons. The zero-order valence-corrected chi connectivity index (χ0v) is 10.9. The molecule has 3 rings (SSSR count). The number of carbonyl (C=O) groups is 1. The molecule has 0 saturated heterocycles. The largest absolute Gasteiger partial charge is 0.396 e. The van der Waals surface area contributed by atoms with Gasteiger partial charge in [-0.1, -0.05) is 20.8 Å². The fourth-order valence-electron chi connectivity index (χ4n) is 4.85. The van der Waals surface area contributed by atoms with E-state index in [2.05, 4.69) is 20.8 Å². The Labute approximate surface area is 102 Å². The zero-order chi connectivity index (χ0) is 12.6. The second-order valence-corrected chi connectivity index (χ2v) is 7.50. The SMILES string of the molecule is CC1(C)C[C@H]2C(=O)[C@H](O)[C@]3(CO)C[C@]3(C)[C@H]2C1. The van der Waals surface area contributed by atoms with Crippen LogP contribution >= 0.6 is 0 Å². The van der Waals surface area contributed by atoms with Crippen LogP contribution in [0.2, 0.25) is 0 Å². The molecule has 0 aliphatic heterocycles. The number of ketones is 1. The summed E-state index contributed by atoms with van der Waals surface area (Å²) in [5, 5.41) is 19.8. The maximum Gasteiger partial charge on any atom is 0.165 e. The lowest BCUT2D eigenvalue weighted by atomic mass is 9.67. The van der Waals surface area contributed by atoms with Crippen LogP contribution in [0.3, 0.4) is 0 Å². The van der Waals surface area contributed by atoms with E-state index in [1.54, 1.807) is 0 Å². The van der Waals surface area contributed by atoms with Crippen molar-refractivity contribution < 1.29 is 15.0 Å². The van der Waals surface area contributed by atoms with Crippen LogP contribution in [0.4, 0.5) is 0 Å². The first-order valence-electron chi connectivity index (χ1n) is 6.60. The van der Waals surface area contributed by atoms with Crippen LogP contribution in [0.5, 0.6) is 0 Å². The second kappa shape index (κ2) is 2.94. The Morgan fingerprint density at radius 1 is 1.29 bits per heavy atom. The molecule has 17 heavy (non-hydrogen) atoms. The number of rotatable bonds is 1. The molecule has 3 fully saturated rings. The third-order valence-electron chi connectivity index (χ3n) is 5.98. The minimum atomic E-state index is -0.937. The van der Waals surface area contributed by atoms with Crippen LogP contribution < -0.4 is 0 Å². The molecule has 3 heteroatoms. The van der Waals surface area contributed by atoms with Crippen LogP contribution in [0.25, 0.3) is 0 Å². The van der Waals surface area contributed by atoms with E-state index in [1.807, 2.05) is 0 Å². The van der Waals surface area contributed by atoms with Crippen molar-refractivity contribution in [2.75, 3.05) is 6.61 Å². The summed E-state index contributed by atoms with van der Waals surface area (Å²) < 4.78 is 0. The van der Waals surface area contributed by atoms with Gasteiger partial charge in [-0.05, 0) is 36.0 Å². The van der Waals surface area contributed by atoms with E-state index in [9.17, 15) is 15.0 Å². The van der Waals surface area contributed by atoms with Crippen LogP contribution in [0.1, 0.15) is 40.0 Å². The van der Waals surface area contributed by atoms with E-state index in [-0.39, 0.29) is 29.1 Å². The Kier molecular flexibility index (Phi) is 2.02. The molecular formula is C14H22O3. The van der Waals surface area contributed by atoms with Gasteiger partial charge in [0.2, 0.25) is 0 Å². The quantitative estimate of drug-likeness (QED) is 0.725. The number of hydrogen-bond acceptors (Lipinski definition) is 3. The standard InChI is InChI=1S/C14H22O3/c1-12(2)4-8-9(5-12)13(3)6-14(13,7-15)11(17)10(8)16/h8-9,11,15,17H,4-7H2,1-3H3/t8-,9+,11+,13-,14-/m1/s1. The lowest BCUT2D eigenvalue weighted by Crippen LogP contribution is -2.48. The maximum atomic E-state index is 12.3. The van der Waals surface area contributed by atoms with Crippen molar-refractivity contribution in [3.8, 4) is 0 Å². The fraction of sp³-hybridized carbons (Fsp3) is 0.929. The molecule has 3 nitrogen and oxygen atoms in total. The minimum absolute atomic E-state index is 0.00963. The molecule has 3 aliphatic rings. The summed E-state index contributed by atoms with van der Waals surface area (Å²) in [5.74, 6) is 0.373. The maximum absolute atomic E-state index is 12.3. The summed E-state index contributed by atoms with van der Waals surface area (Å²) >= 11 is 0. The Hall–Kier alpha value is -0.410. The number of fused-ring (bicyclic) bond motifs is 3. The molecular weight excluding hydrogens is 216 g/mol. The molecule has 0 aromatic rings. The molecule has 0 aromatic heterocycles. The highest BCUT2D eigenvalue weighted by Gasteiger charge is 2.77. The first-order chi connectivity index (χ1) is 7.77. The summed E-state index contributed by atoms with van der Waals surface area (Å²) in [6, 6.07) is 0. The van der Waals surface area contributed by atoms with Crippen molar-refractivity contribution in [1.82, 2.24) is 0 Å². The average molecular weight is 238 g/mol. The van der Waals surface area contributed by atoms with Gasteiger partial charge in [0.15, 0.2) is 5.78 Å². The second-order valence-electron chi connectivity index (χ2n) is 7.50. The Morgan fingerprint density at radius 2 is 1.94 bits per heavy atom. The Bertz CT molecular complexity index is 389. The molecule has 0 spiro atoms. The molecule has 0 amide bonds. The van der Waals surface area contributed by atoms with Crippen molar-refractivity contribution in [3.05, 3.63) is 0 Å². The minimum Gasteiger partial charge on any atom is -0.396 e. The molecule has 2 N–H and O–H groups in total. The van der Waals surface area contributed by atoms with Crippen molar-refractivity contribution in [2.24, 2.45) is 28.1 Å². The third kappa shape index (κ3) is 1.17. The summed E-state index contributed by atoms with van der Waals surface area (Å²) in [6.45, 7) is 6.51. The van der Waals surface area contributed by atoms with Gasteiger partial charge in [0, 0.05) is 11.3 Å².